The molecule has 3 rings (SSSR count). The molecule has 0 saturated carbocycles. The van der Waals surface area contributed by atoms with Gasteiger partial charge in [-0.05, 0) is 56.2 Å². The summed E-state index contributed by atoms with van der Waals surface area (Å²) >= 11 is 7.11. The first-order valence-corrected chi connectivity index (χ1v) is 9.71. The molecule has 6 nitrogen and oxygen atoms in total. The zero-order valence-electron chi connectivity index (χ0n) is 15.6. The van der Waals surface area contributed by atoms with Crippen LogP contribution in [0.5, 0.6) is 0 Å². The van der Waals surface area contributed by atoms with Crippen LogP contribution < -0.4 is 16.0 Å². The lowest BCUT2D eigenvalue weighted by Gasteiger charge is -2.08. The van der Waals surface area contributed by atoms with Gasteiger partial charge in [0.05, 0.1) is 5.69 Å². The summed E-state index contributed by atoms with van der Waals surface area (Å²) in [6.45, 7) is 5.55. The van der Waals surface area contributed by atoms with Gasteiger partial charge >= 0.3 is 6.03 Å². The number of carbonyl (C=O) groups excluding carboxylic acids is 2. The topological polar surface area (TPSA) is 83.1 Å². The Morgan fingerprint density at radius 3 is 2.54 bits per heavy atom. The van der Waals surface area contributed by atoms with E-state index in [0.29, 0.717) is 32.1 Å². The van der Waals surface area contributed by atoms with E-state index in [4.69, 9.17) is 11.6 Å². The third-order valence-corrected chi connectivity index (χ3v) is 5.25. The number of nitrogens with zero attached hydrogens (tertiary/aromatic N) is 1. The lowest BCUT2D eigenvalue weighted by molar-refractivity contribution is 0.102. The minimum atomic E-state index is -0.419. The van der Waals surface area contributed by atoms with E-state index < -0.39 is 6.03 Å². The first-order valence-electron chi connectivity index (χ1n) is 8.51. The highest BCUT2D eigenvalue weighted by molar-refractivity contribution is 7.17. The number of aryl methyl sites for hydroxylation is 3. The number of nitrogens with one attached hydrogen (secondary N) is 3. The Kier molecular flexibility index (Phi) is 5.96. The molecule has 0 bridgehead atoms. The molecule has 1 aromatic heterocycles. The summed E-state index contributed by atoms with van der Waals surface area (Å²) in [5.41, 5.74) is 3.79. The van der Waals surface area contributed by atoms with Crippen molar-refractivity contribution in [2.45, 2.75) is 20.8 Å². The molecule has 0 aliphatic carbocycles. The van der Waals surface area contributed by atoms with Crippen molar-refractivity contribution < 1.29 is 9.59 Å². The van der Waals surface area contributed by atoms with Gasteiger partial charge in [-0.25, -0.2) is 9.78 Å². The highest BCUT2D eigenvalue weighted by Gasteiger charge is 2.17. The molecule has 0 spiro atoms. The summed E-state index contributed by atoms with van der Waals surface area (Å²) in [5.74, 6) is -0.299. The number of hydrogen-bond donors (Lipinski definition) is 3. The van der Waals surface area contributed by atoms with Crippen LogP contribution in [-0.2, 0) is 0 Å². The Labute approximate surface area is 172 Å². The summed E-state index contributed by atoms with van der Waals surface area (Å²) in [6, 6.07) is 12.3. The molecule has 0 unspecified atom stereocenters. The lowest BCUT2D eigenvalue weighted by Crippen LogP contribution is -2.19. The van der Waals surface area contributed by atoms with Crippen molar-refractivity contribution in [2.24, 2.45) is 0 Å². The Balaban J connectivity index is 1.69. The van der Waals surface area contributed by atoms with Crippen LogP contribution in [0.3, 0.4) is 0 Å². The molecule has 0 saturated heterocycles. The third-order valence-electron chi connectivity index (χ3n) is 3.95. The first-order chi connectivity index (χ1) is 13.3. The number of anilines is 3. The van der Waals surface area contributed by atoms with Crippen molar-refractivity contribution in [1.82, 2.24) is 4.98 Å². The number of benzene rings is 2. The van der Waals surface area contributed by atoms with E-state index in [1.807, 2.05) is 38.1 Å². The van der Waals surface area contributed by atoms with E-state index in [0.717, 1.165) is 22.5 Å². The van der Waals surface area contributed by atoms with E-state index in [2.05, 4.69) is 20.9 Å². The largest absolute Gasteiger partial charge is 0.325 e. The van der Waals surface area contributed by atoms with E-state index in [9.17, 15) is 9.59 Å². The molecule has 0 fully saturated rings. The second-order valence-corrected chi connectivity index (χ2v) is 7.73. The van der Waals surface area contributed by atoms with Gasteiger partial charge in [0.15, 0.2) is 5.13 Å². The Morgan fingerprint density at radius 2 is 1.79 bits per heavy atom. The molecular weight excluding hydrogens is 396 g/mol. The molecule has 0 radical (unpaired) electrons. The van der Waals surface area contributed by atoms with Gasteiger partial charge in [0.2, 0.25) is 0 Å². The van der Waals surface area contributed by atoms with Crippen LogP contribution in [-0.4, -0.2) is 16.9 Å². The zero-order chi connectivity index (χ0) is 20.3. The fraction of sp³-hybridized carbons (Fsp3) is 0.150. The normalized spacial score (nSPS) is 10.4. The van der Waals surface area contributed by atoms with Crippen molar-refractivity contribution >= 4 is 51.4 Å². The lowest BCUT2D eigenvalue weighted by atomic mass is 10.2. The summed E-state index contributed by atoms with van der Waals surface area (Å²) in [6.07, 6.45) is 0. The molecule has 144 valence electrons. The number of urea groups is 1. The molecule has 2 aromatic carbocycles. The van der Waals surface area contributed by atoms with E-state index in [1.165, 1.54) is 0 Å². The maximum atomic E-state index is 12.6. The molecule has 1 heterocycles. The minimum Gasteiger partial charge on any atom is -0.321 e. The predicted octanol–water partition coefficient (Wildman–Crippen LogP) is 5.62. The zero-order valence-corrected chi connectivity index (χ0v) is 17.2. The fourth-order valence-corrected chi connectivity index (χ4v) is 3.58. The summed E-state index contributed by atoms with van der Waals surface area (Å²) in [5, 5.41) is 9.13. The molecule has 3 aromatic rings. The molecule has 3 amide bonds. The van der Waals surface area contributed by atoms with E-state index >= 15 is 0 Å². The van der Waals surface area contributed by atoms with Gasteiger partial charge in [0, 0.05) is 16.4 Å². The van der Waals surface area contributed by atoms with Crippen molar-refractivity contribution in [3.05, 3.63) is 69.2 Å². The number of hydrogen-bond acceptors (Lipinski definition) is 4. The molecule has 28 heavy (non-hydrogen) atoms. The van der Waals surface area contributed by atoms with E-state index in [-0.39, 0.29) is 5.91 Å². The van der Waals surface area contributed by atoms with Gasteiger partial charge in [0.25, 0.3) is 5.91 Å². The van der Waals surface area contributed by atoms with Gasteiger partial charge in [-0.15, -0.1) is 0 Å². The predicted molar refractivity (Wildman–Crippen MR) is 115 cm³/mol. The standard InChI is InChI=1S/C20H19ClN4O2S/c1-11-5-4-6-15(9-11)23-19(27)25-20-22-13(3)17(28-20)18(26)24-16-10-14(21)8-7-12(16)2/h4-10H,1-3H3,(H,24,26)(H2,22,23,25,27). The van der Waals surface area contributed by atoms with Crippen LogP contribution >= 0.6 is 22.9 Å². The second kappa shape index (κ2) is 8.41. The molecule has 3 N–H and O–H groups in total. The van der Waals surface area contributed by atoms with Crippen LogP contribution in [0.15, 0.2) is 42.5 Å². The van der Waals surface area contributed by atoms with Crippen molar-refractivity contribution in [3.63, 3.8) is 0 Å². The molecular formula is C20H19ClN4O2S. The van der Waals surface area contributed by atoms with Gasteiger partial charge in [-0.3, -0.25) is 10.1 Å². The van der Waals surface area contributed by atoms with Crippen molar-refractivity contribution in [3.8, 4) is 0 Å². The third kappa shape index (κ3) is 4.88. The molecule has 0 aliphatic heterocycles. The number of rotatable bonds is 4. The van der Waals surface area contributed by atoms with Crippen LogP contribution in [0.1, 0.15) is 26.5 Å². The van der Waals surface area contributed by atoms with Crippen LogP contribution in [0.2, 0.25) is 5.02 Å². The van der Waals surface area contributed by atoms with Crippen LogP contribution in [0, 0.1) is 20.8 Å². The van der Waals surface area contributed by atoms with Crippen LogP contribution in [0.4, 0.5) is 21.3 Å². The highest BCUT2D eigenvalue weighted by atomic mass is 35.5. The van der Waals surface area contributed by atoms with Crippen molar-refractivity contribution in [1.29, 1.82) is 0 Å². The monoisotopic (exact) mass is 414 g/mol. The maximum absolute atomic E-state index is 12.6. The smallest absolute Gasteiger partial charge is 0.321 e. The molecule has 0 aliphatic rings. The summed E-state index contributed by atoms with van der Waals surface area (Å²) < 4.78 is 0. The van der Waals surface area contributed by atoms with Crippen LogP contribution in [0.25, 0.3) is 0 Å². The SMILES string of the molecule is Cc1cccc(NC(=O)Nc2nc(C)c(C(=O)Nc3cc(Cl)ccc3C)s2)c1. The Morgan fingerprint density at radius 1 is 1.00 bits per heavy atom. The fourth-order valence-electron chi connectivity index (χ4n) is 2.55. The summed E-state index contributed by atoms with van der Waals surface area (Å²) in [4.78, 5) is 29.5. The number of halogens is 1. The molecule has 0 atom stereocenters. The quantitative estimate of drug-likeness (QED) is 0.518. The highest BCUT2D eigenvalue weighted by Crippen LogP contribution is 2.26. The number of thiazole rings is 1. The van der Waals surface area contributed by atoms with Crippen molar-refractivity contribution in [2.75, 3.05) is 16.0 Å². The average Bonchev–Trinajstić information content (AvgIpc) is 2.98. The minimum absolute atomic E-state index is 0.299. The van der Waals surface area contributed by atoms with E-state index in [1.54, 1.807) is 25.1 Å². The molecule has 8 heteroatoms. The number of amides is 3. The summed E-state index contributed by atoms with van der Waals surface area (Å²) in [7, 11) is 0. The van der Waals surface area contributed by atoms with Gasteiger partial charge in [-0.2, -0.15) is 0 Å². The first kappa shape index (κ1) is 19.9. The number of aromatic nitrogens is 1. The van der Waals surface area contributed by atoms with Gasteiger partial charge < -0.3 is 10.6 Å². The number of carbonyl (C=O) groups is 2. The van der Waals surface area contributed by atoms with Gasteiger partial charge in [0.1, 0.15) is 4.88 Å². The maximum Gasteiger partial charge on any atom is 0.325 e. The Bertz CT molecular complexity index is 1050. The Hall–Kier alpha value is -2.90. The average molecular weight is 415 g/mol. The van der Waals surface area contributed by atoms with Gasteiger partial charge in [-0.1, -0.05) is 41.1 Å². The second-order valence-electron chi connectivity index (χ2n) is 6.30.